The Bertz CT molecular complexity index is 1390. The second kappa shape index (κ2) is 44.8. The van der Waals surface area contributed by atoms with Crippen LogP contribution in [-0.2, 0) is 23.7 Å². The first-order valence-corrected chi connectivity index (χ1v) is 24.6. The molecule has 9 heteroatoms. The van der Waals surface area contributed by atoms with Crippen LogP contribution in [0.5, 0.6) is 0 Å². The third-order valence-electron chi connectivity index (χ3n) is 10.4. The smallest absolute Gasteiger partial charge is 0.306 e. The summed E-state index contributed by atoms with van der Waals surface area (Å²) in [5.41, 5.74) is 0. The standard InChI is InChI=1S/C55H88O9/c1-3-5-7-9-11-13-15-17-19-20-21-22-23-24-25-26-27-28-29-31-33-35-37-39-41-43-45-61-47-49(48-62-55-54(60)53(59)52(58)50(46-56)64-55)63-51(57)44-42-40-38-36-34-32-30-18-16-14-12-10-8-6-4-2/h5-8,11-14,17-19,21-22,24-25,27-28,30-31,33,49-50,52-56,58-60H,3-4,9-10,15-16,20,23,26,29,32,34-48H2,1-2H3/b7-5-,8-6-,13-11-,14-12-,19-17-,22-21-,25-24-,28-27-,30-18-,33-31-. The Morgan fingerprint density at radius 1 is 0.500 bits per heavy atom. The number of rotatable bonds is 40. The second-order valence-corrected chi connectivity index (χ2v) is 16.1. The Kier molecular flexibility index (Phi) is 41.0. The van der Waals surface area contributed by atoms with Gasteiger partial charge in [0.05, 0.1) is 19.8 Å². The van der Waals surface area contributed by atoms with Gasteiger partial charge in [-0.05, 0) is 103 Å². The molecule has 0 aliphatic carbocycles. The maximum atomic E-state index is 12.8. The highest BCUT2D eigenvalue weighted by Gasteiger charge is 2.44. The fourth-order valence-electron chi connectivity index (χ4n) is 6.60. The first-order chi connectivity index (χ1) is 31.4. The predicted octanol–water partition coefficient (Wildman–Crippen LogP) is 11.9. The van der Waals surface area contributed by atoms with Crippen molar-refractivity contribution in [2.24, 2.45) is 0 Å². The van der Waals surface area contributed by atoms with Crippen LogP contribution < -0.4 is 0 Å². The molecule has 64 heavy (non-hydrogen) atoms. The summed E-state index contributed by atoms with van der Waals surface area (Å²) in [6, 6.07) is 0. The summed E-state index contributed by atoms with van der Waals surface area (Å²) in [6.07, 6.45) is 58.0. The van der Waals surface area contributed by atoms with Crippen molar-refractivity contribution in [3.63, 3.8) is 0 Å². The largest absolute Gasteiger partial charge is 0.457 e. The zero-order valence-electron chi connectivity index (χ0n) is 39.7. The molecule has 9 nitrogen and oxygen atoms in total. The van der Waals surface area contributed by atoms with Gasteiger partial charge in [-0.25, -0.2) is 0 Å². The van der Waals surface area contributed by atoms with Crippen LogP contribution in [-0.4, -0.2) is 89.6 Å². The summed E-state index contributed by atoms with van der Waals surface area (Å²) in [7, 11) is 0. The van der Waals surface area contributed by atoms with Crippen LogP contribution in [0.15, 0.2) is 122 Å². The minimum atomic E-state index is -1.55. The number of esters is 1. The van der Waals surface area contributed by atoms with E-state index in [4.69, 9.17) is 18.9 Å². The first kappa shape index (κ1) is 58.6. The van der Waals surface area contributed by atoms with Gasteiger partial charge in [-0.2, -0.15) is 0 Å². The van der Waals surface area contributed by atoms with E-state index in [-0.39, 0.29) is 25.6 Å². The summed E-state index contributed by atoms with van der Waals surface area (Å²) in [4.78, 5) is 12.8. The van der Waals surface area contributed by atoms with Gasteiger partial charge in [0.25, 0.3) is 0 Å². The number of ether oxygens (including phenoxy) is 4. The van der Waals surface area contributed by atoms with Crippen molar-refractivity contribution in [1.29, 1.82) is 0 Å². The number of hydrogen-bond acceptors (Lipinski definition) is 9. The maximum Gasteiger partial charge on any atom is 0.306 e. The third-order valence-corrected chi connectivity index (χ3v) is 10.4. The van der Waals surface area contributed by atoms with Crippen molar-refractivity contribution in [3.05, 3.63) is 122 Å². The fourth-order valence-corrected chi connectivity index (χ4v) is 6.60. The van der Waals surface area contributed by atoms with Crippen molar-refractivity contribution in [2.45, 2.75) is 192 Å². The molecule has 0 aromatic carbocycles. The van der Waals surface area contributed by atoms with Crippen LogP contribution in [0.3, 0.4) is 0 Å². The van der Waals surface area contributed by atoms with Gasteiger partial charge in [0.15, 0.2) is 6.29 Å². The number of allylic oxidation sites excluding steroid dienone is 20. The number of hydrogen-bond donors (Lipinski definition) is 4. The molecule has 1 rings (SSSR count). The molecule has 0 saturated carbocycles. The van der Waals surface area contributed by atoms with Crippen molar-refractivity contribution < 1.29 is 44.2 Å². The number of carbonyl (C=O) groups is 1. The molecule has 6 atom stereocenters. The van der Waals surface area contributed by atoms with Crippen LogP contribution in [0.1, 0.15) is 155 Å². The monoisotopic (exact) mass is 893 g/mol. The van der Waals surface area contributed by atoms with Crippen molar-refractivity contribution in [3.8, 4) is 0 Å². The van der Waals surface area contributed by atoms with Crippen molar-refractivity contribution >= 4 is 5.97 Å². The topological polar surface area (TPSA) is 135 Å². The normalized spacial score (nSPS) is 20.6. The molecule has 0 amide bonds. The molecule has 0 aromatic rings. The number of aliphatic hydroxyl groups excluding tert-OH is 4. The van der Waals surface area contributed by atoms with E-state index >= 15 is 0 Å². The molecule has 0 spiro atoms. The highest BCUT2D eigenvalue weighted by atomic mass is 16.7. The minimum absolute atomic E-state index is 0.111. The minimum Gasteiger partial charge on any atom is -0.457 e. The Hall–Kier alpha value is -3.41. The van der Waals surface area contributed by atoms with E-state index in [1.807, 2.05) is 0 Å². The highest BCUT2D eigenvalue weighted by molar-refractivity contribution is 5.69. The van der Waals surface area contributed by atoms with E-state index in [1.165, 1.54) is 0 Å². The fraction of sp³-hybridized carbons (Fsp3) is 0.618. The molecule has 1 aliphatic rings. The van der Waals surface area contributed by atoms with Crippen molar-refractivity contribution in [1.82, 2.24) is 0 Å². The molecule has 1 saturated heterocycles. The van der Waals surface area contributed by atoms with Gasteiger partial charge >= 0.3 is 5.97 Å². The SMILES string of the molecule is CC/C=C\C/C=C\C/C=C\C/C=C\C/C=C\C/C=C\C/C=C\CCCCCCOCC(COC1OC(CO)C(O)C(O)C1O)OC(=O)CCCCCCC/C=C\C/C=C\C/C=C\CC. The van der Waals surface area contributed by atoms with E-state index in [1.54, 1.807) is 0 Å². The molecule has 0 bridgehead atoms. The van der Waals surface area contributed by atoms with Crippen LogP contribution in [0.4, 0.5) is 0 Å². The van der Waals surface area contributed by atoms with Crippen molar-refractivity contribution in [2.75, 3.05) is 26.4 Å². The average molecular weight is 893 g/mol. The Balaban J connectivity index is 2.26. The van der Waals surface area contributed by atoms with E-state index < -0.39 is 43.4 Å². The molecular formula is C55H88O9. The molecular weight excluding hydrogens is 805 g/mol. The lowest BCUT2D eigenvalue weighted by atomic mass is 9.99. The van der Waals surface area contributed by atoms with Gasteiger partial charge in [-0.15, -0.1) is 0 Å². The first-order valence-electron chi connectivity index (χ1n) is 24.6. The van der Waals surface area contributed by atoms with E-state index in [0.717, 1.165) is 135 Å². The quantitative estimate of drug-likeness (QED) is 0.0269. The Morgan fingerprint density at radius 3 is 1.36 bits per heavy atom. The second-order valence-electron chi connectivity index (χ2n) is 16.1. The number of aliphatic hydroxyl groups is 4. The lowest BCUT2D eigenvalue weighted by molar-refractivity contribution is -0.305. The van der Waals surface area contributed by atoms with Gasteiger partial charge in [0.2, 0.25) is 0 Å². The molecule has 0 radical (unpaired) electrons. The van der Waals surface area contributed by atoms with Crippen LogP contribution >= 0.6 is 0 Å². The summed E-state index contributed by atoms with van der Waals surface area (Å²) in [6.45, 7) is 4.22. The molecule has 0 aromatic heterocycles. The third kappa shape index (κ3) is 34.9. The van der Waals surface area contributed by atoms with E-state index in [0.29, 0.717) is 6.61 Å². The summed E-state index contributed by atoms with van der Waals surface area (Å²) < 4.78 is 22.8. The maximum absolute atomic E-state index is 12.8. The summed E-state index contributed by atoms with van der Waals surface area (Å²) in [5, 5.41) is 40.2. The van der Waals surface area contributed by atoms with Gasteiger partial charge < -0.3 is 39.4 Å². The van der Waals surface area contributed by atoms with E-state index in [9.17, 15) is 25.2 Å². The Labute approximate surface area is 388 Å². The van der Waals surface area contributed by atoms with Crippen LogP contribution in [0.2, 0.25) is 0 Å². The lowest BCUT2D eigenvalue weighted by Crippen LogP contribution is -2.59. The molecule has 6 unspecified atom stereocenters. The molecule has 1 fully saturated rings. The average Bonchev–Trinajstić information content (AvgIpc) is 3.30. The number of unbranched alkanes of at least 4 members (excludes halogenated alkanes) is 9. The van der Waals surface area contributed by atoms with Gasteiger partial charge in [-0.1, -0.05) is 167 Å². The van der Waals surface area contributed by atoms with Crippen LogP contribution in [0, 0.1) is 0 Å². The molecule has 362 valence electrons. The molecule has 4 N–H and O–H groups in total. The summed E-state index contributed by atoms with van der Waals surface area (Å²) >= 11 is 0. The molecule has 1 aliphatic heterocycles. The highest BCUT2D eigenvalue weighted by Crippen LogP contribution is 2.22. The molecule has 1 heterocycles. The predicted molar refractivity (Wildman–Crippen MR) is 265 cm³/mol. The zero-order chi connectivity index (χ0) is 46.4. The van der Waals surface area contributed by atoms with Gasteiger partial charge in [0, 0.05) is 13.0 Å². The van der Waals surface area contributed by atoms with Gasteiger partial charge in [0.1, 0.15) is 30.5 Å². The number of carbonyl (C=O) groups excluding carboxylic acids is 1. The lowest BCUT2D eigenvalue weighted by Gasteiger charge is -2.39. The Morgan fingerprint density at radius 2 is 0.906 bits per heavy atom. The van der Waals surface area contributed by atoms with E-state index in [2.05, 4.69) is 135 Å². The summed E-state index contributed by atoms with van der Waals surface area (Å²) in [5.74, 6) is -0.346. The van der Waals surface area contributed by atoms with Gasteiger partial charge in [-0.3, -0.25) is 4.79 Å². The zero-order valence-corrected chi connectivity index (χ0v) is 39.7. The van der Waals surface area contributed by atoms with Crippen LogP contribution in [0.25, 0.3) is 0 Å².